The first-order valence-corrected chi connectivity index (χ1v) is 6.85. The molecule has 0 amide bonds. The molecule has 1 fully saturated rings. The van der Waals surface area contributed by atoms with Gasteiger partial charge in [0.1, 0.15) is 5.75 Å². The molecule has 0 radical (unpaired) electrons. The average Bonchev–Trinajstić information content (AvgIpc) is 2.42. The Morgan fingerprint density at radius 1 is 1.37 bits per heavy atom. The van der Waals surface area contributed by atoms with E-state index in [2.05, 4.69) is 4.90 Å². The van der Waals surface area contributed by atoms with Crippen molar-refractivity contribution < 1.29 is 4.74 Å². The van der Waals surface area contributed by atoms with Gasteiger partial charge in [0, 0.05) is 11.6 Å². The maximum atomic E-state index is 6.23. The molecule has 0 aromatic heterocycles. The van der Waals surface area contributed by atoms with Crippen LogP contribution in [0.5, 0.6) is 5.75 Å². The Balaban J connectivity index is 0.00000180. The second-order valence-electron chi connectivity index (χ2n) is 4.91. The number of nitrogens with two attached hydrogens (primary N) is 1. The van der Waals surface area contributed by atoms with Gasteiger partial charge in [-0.2, -0.15) is 0 Å². The molecule has 1 heterocycles. The van der Waals surface area contributed by atoms with Crippen LogP contribution in [0.1, 0.15) is 18.4 Å². The van der Waals surface area contributed by atoms with Crippen LogP contribution in [-0.4, -0.2) is 31.6 Å². The van der Waals surface area contributed by atoms with Gasteiger partial charge in [0.15, 0.2) is 0 Å². The molecule has 0 atom stereocenters. The fourth-order valence-electron chi connectivity index (χ4n) is 2.42. The van der Waals surface area contributed by atoms with E-state index in [4.69, 9.17) is 22.1 Å². The molecule has 1 aliphatic rings. The smallest absolute Gasteiger partial charge is 0.119 e. The number of hydrogen-bond donors (Lipinski definition) is 1. The molecule has 3 nitrogen and oxygen atoms in total. The largest absolute Gasteiger partial charge is 0.497 e. The van der Waals surface area contributed by atoms with Gasteiger partial charge >= 0.3 is 0 Å². The van der Waals surface area contributed by atoms with Crippen LogP contribution in [0, 0.1) is 5.92 Å². The topological polar surface area (TPSA) is 38.5 Å². The Morgan fingerprint density at radius 2 is 2.05 bits per heavy atom. The van der Waals surface area contributed by atoms with Crippen molar-refractivity contribution in [3.05, 3.63) is 28.8 Å². The molecule has 5 heteroatoms. The van der Waals surface area contributed by atoms with Crippen molar-refractivity contribution in [1.82, 2.24) is 4.90 Å². The third kappa shape index (κ3) is 4.53. The summed E-state index contributed by atoms with van der Waals surface area (Å²) in [6, 6.07) is 5.83. The molecule has 1 aromatic rings. The Morgan fingerprint density at radius 3 is 2.63 bits per heavy atom. The van der Waals surface area contributed by atoms with Crippen molar-refractivity contribution in [2.24, 2.45) is 11.7 Å². The lowest BCUT2D eigenvalue weighted by molar-refractivity contribution is 0.180. The van der Waals surface area contributed by atoms with E-state index in [0.717, 1.165) is 42.5 Å². The highest BCUT2D eigenvalue weighted by Crippen LogP contribution is 2.25. The van der Waals surface area contributed by atoms with Gasteiger partial charge in [-0.25, -0.2) is 0 Å². The van der Waals surface area contributed by atoms with Crippen LogP contribution in [0.25, 0.3) is 0 Å². The molecule has 2 rings (SSSR count). The van der Waals surface area contributed by atoms with Gasteiger partial charge in [-0.1, -0.05) is 11.6 Å². The van der Waals surface area contributed by atoms with Crippen LogP contribution in [0.3, 0.4) is 0 Å². The lowest BCUT2D eigenvalue weighted by atomic mass is 9.97. The van der Waals surface area contributed by atoms with Gasteiger partial charge in [-0.3, -0.25) is 4.90 Å². The lowest BCUT2D eigenvalue weighted by Gasteiger charge is -2.31. The first kappa shape index (κ1) is 16.6. The van der Waals surface area contributed by atoms with E-state index in [1.807, 2.05) is 18.2 Å². The molecule has 19 heavy (non-hydrogen) atoms. The zero-order valence-corrected chi connectivity index (χ0v) is 12.8. The van der Waals surface area contributed by atoms with Crippen LogP contribution in [0.2, 0.25) is 5.02 Å². The molecule has 1 saturated heterocycles. The van der Waals surface area contributed by atoms with Crippen molar-refractivity contribution in [2.75, 3.05) is 26.7 Å². The van der Waals surface area contributed by atoms with E-state index in [1.165, 1.54) is 12.8 Å². The van der Waals surface area contributed by atoms with E-state index in [0.29, 0.717) is 5.92 Å². The molecular weight excluding hydrogens is 283 g/mol. The predicted octanol–water partition coefficient (Wildman–Crippen LogP) is 2.94. The summed E-state index contributed by atoms with van der Waals surface area (Å²) in [5.41, 5.74) is 6.85. The number of rotatable bonds is 4. The highest BCUT2D eigenvalue weighted by molar-refractivity contribution is 6.31. The summed E-state index contributed by atoms with van der Waals surface area (Å²) in [6.45, 7) is 3.92. The maximum Gasteiger partial charge on any atom is 0.119 e. The Bertz CT molecular complexity index is 393. The van der Waals surface area contributed by atoms with Crippen molar-refractivity contribution in [3.63, 3.8) is 0 Å². The third-order valence-electron chi connectivity index (χ3n) is 3.69. The van der Waals surface area contributed by atoms with E-state index in [-0.39, 0.29) is 12.4 Å². The highest BCUT2D eigenvalue weighted by Gasteiger charge is 2.18. The number of hydrogen-bond acceptors (Lipinski definition) is 3. The number of benzene rings is 1. The summed E-state index contributed by atoms with van der Waals surface area (Å²) in [7, 11) is 1.68. The number of nitrogens with zero attached hydrogens (tertiary/aromatic N) is 1. The minimum Gasteiger partial charge on any atom is -0.497 e. The second-order valence-corrected chi connectivity index (χ2v) is 5.32. The average molecular weight is 305 g/mol. The molecule has 1 aliphatic heterocycles. The van der Waals surface area contributed by atoms with Crippen LogP contribution in [0.15, 0.2) is 18.2 Å². The molecule has 0 unspecified atom stereocenters. The van der Waals surface area contributed by atoms with Crippen LogP contribution < -0.4 is 10.5 Å². The minimum absolute atomic E-state index is 0. The molecule has 1 aromatic carbocycles. The van der Waals surface area contributed by atoms with Gasteiger partial charge in [0.25, 0.3) is 0 Å². The zero-order valence-electron chi connectivity index (χ0n) is 11.3. The number of piperidine rings is 1. The Hall–Kier alpha value is -0.480. The fourth-order valence-corrected chi connectivity index (χ4v) is 2.60. The quantitative estimate of drug-likeness (QED) is 0.929. The molecule has 0 spiro atoms. The summed E-state index contributed by atoms with van der Waals surface area (Å²) in [6.07, 6.45) is 2.39. The summed E-state index contributed by atoms with van der Waals surface area (Å²) >= 11 is 6.23. The molecule has 0 saturated carbocycles. The van der Waals surface area contributed by atoms with Gasteiger partial charge in [-0.15, -0.1) is 12.4 Å². The van der Waals surface area contributed by atoms with Crippen LogP contribution in [-0.2, 0) is 6.54 Å². The Labute approximate surface area is 126 Å². The van der Waals surface area contributed by atoms with Gasteiger partial charge < -0.3 is 10.5 Å². The Kier molecular flexibility index (Phi) is 6.94. The zero-order chi connectivity index (χ0) is 13.0. The summed E-state index contributed by atoms with van der Waals surface area (Å²) in [5.74, 6) is 1.56. The van der Waals surface area contributed by atoms with Gasteiger partial charge in [-0.05, 0) is 62.2 Å². The monoisotopic (exact) mass is 304 g/mol. The number of methoxy groups -OCH3 is 1. The first-order chi connectivity index (χ1) is 8.72. The molecular formula is C14H22Cl2N2O. The number of ether oxygens (including phenoxy) is 1. The van der Waals surface area contributed by atoms with Crippen molar-refractivity contribution in [2.45, 2.75) is 19.4 Å². The standard InChI is InChI=1S/C14H21ClN2O.ClH/c1-18-13-2-3-14(15)12(8-13)10-17-6-4-11(9-16)5-7-17;/h2-3,8,11H,4-7,9-10,16H2,1H3;1H. The second kappa shape index (κ2) is 7.95. The van der Waals surface area contributed by atoms with Gasteiger partial charge in [0.05, 0.1) is 7.11 Å². The lowest BCUT2D eigenvalue weighted by Crippen LogP contribution is -2.35. The van der Waals surface area contributed by atoms with E-state index in [9.17, 15) is 0 Å². The van der Waals surface area contributed by atoms with Crippen molar-refractivity contribution in [1.29, 1.82) is 0 Å². The fraction of sp³-hybridized carbons (Fsp3) is 0.571. The summed E-state index contributed by atoms with van der Waals surface area (Å²) in [5, 5.41) is 0.816. The van der Waals surface area contributed by atoms with E-state index in [1.54, 1.807) is 7.11 Å². The van der Waals surface area contributed by atoms with E-state index >= 15 is 0 Å². The molecule has 2 N–H and O–H groups in total. The highest BCUT2D eigenvalue weighted by atomic mass is 35.5. The minimum atomic E-state index is 0. The molecule has 0 bridgehead atoms. The van der Waals surface area contributed by atoms with Crippen molar-refractivity contribution >= 4 is 24.0 Å². The van der Waals surface area contributed by atoms with Crippen LogP contribution >= 0.6 is 24.0 Å². The van der Waals surface area contributed by atoms with Crippen molar-refractivity contribution in [3.8, 4) is 5.75 Å². The normalized spacial score (nSPS) is 17.0. The van der Waals surface area contributed by atoms with E-state index < -0.39 is 0 Å². The summed E-state index contributed by atoms with van der Waals surface area (Å²) < 4.78 is 5.24. The summed E-state index contributed by atoms with van der Waals surface area (Å²) in [4.78, 5) is 2.44. The predicted molar refractivity (Wildman–Crippen MR) is 82.3 cm³/mol. The van der Waals surface area contributed by atoms with Gasteiger partial charge in [0.2, 0.25) is 0 Å². The molecule has 0 aliphatic carbocycles. The third-order valence-corrected chi connectivity index (χ3v) is 4.06. The number of likely N-dealkylation sites (tertiary alicyclic amines) is 1. The first-order valence-electron chi connectivity index (χ1n) is 6.47. The number of halogens is 2. The van der Waals surface area contributed by atoms with Crippen LogP contribution in [0.4, 0.5) is 0 Å². The SMILES string of the molecule is COc1ccc(Cl)c(CN2CCC(CN)CC2)c1.Cl. The molecule has 108 valence electrons. The maximum absolute atomic E-state index is 6.23.